The number of nitrogens with zero attached hydrogens (tertiary/aromatic N) is 1. The number of thiophene rings is 1. The van der Waals surface area contributed by atoms with Crippen LogP contribution in [0.25, 0.3) is 0 Å². The van der Waals surface area contributed by atoms with E-state index in [2.05, 4.69) is 9.71 Å². The number of hydrogen-bond acceptors (Lipinski definition) is 5. The van der Waals surface area contributed by atoms with Crippen LogP contribution in [-0.2, 0) is 10.0 Å². The Hall–Kier alpha value is -1.57. The van der Waals surface area contributed by atoms with Crippen LogP contribution in [-0.4, -0.2) is 21.4 Å². The van der Waals surface area contributed by atoms with Gasteiger partial charge in [0.2, 0.25) is 0 Å². The van der Waals surface area contributed by atoms with Gasteiger partial charge < -0.3 is 10.1 Å². The van der Waals surface area contributed by atoms with Crippen LogP contribution in [0.4, 0.5) is 5.69 Å². The van der Waals surface area contributed by atoms with Crippen LogP contribution < -0.4 is 9.83 Å². The van der Waals surface area contributed by atoms with Gasteiger partial charge in [-0.2, -0.15) is 0 Å². The maximum atomic E-state index is 12.0. The Morgan fingerprint density at radius 2 is 1.90 bits per heavy atom. The second-order valence-corrected chi connectivity index (χ2v) is 7.39. The van der Waals surface area contributed by atoms with Crippen molar-refractivity contribution in [1.82, 2.24) is 0 Å². The topological polar surface area (TPSA) is 81.6 Å². The lowest BCUT2D eigenvalue weighted by Gasteiger charge is -2.11. The molecule has 0 aliphatic heterocycles. The molecule has 0 aliphatic rings. The number of hydrogen-bond donors (Lipinski definition) is 1. The summed E-state index contributed by atoms with van der Waals surface area (Å²) in [5.41, 5.74) is 0.761. The molecule has 106 valence electrons. The third-order valence-corrected chi connectivity index (χ3v) is 5.50. The molecule has 5 nitrogen and oxygen atoms in total. The van der Waals surface area contributed by atoms with Crippen molar-refractivity contribution in [3.63, 3.8) is 0 Å². The molecule has 2 aromatic rings. The predicted molar refractivity (Wildman–Crippen MR) is 79.0 cm³/mol. The highest BCUT2D eigenvalue weighted by molar-refractivity contribution is 7.94. The Balaban J connectivity index is 2.22. The number of halogens is 1. The summed E-state index contributed by atoms with van der Waals surface area (Å²) >= 11 is 6.69. The Morgan fingerprint density at radius 3 is 2.40 bits per heavy atom. The maximum Gasteiger partial charge on any atom is 0.271 e. The standard InChI is InChI=1S/C12H11ClN2O3S2/c1-14-12(16)8-2-4-9(5-3-8)15-20(17,18)11-7-6-10(13)19-11/h2-7,15H,1H3,(H,14,16)/p-1. The van der Waals surface area contributed by atoms with Gasteiger partial charge in [-0.25, -0.2) is 8.42 Å². The molecule has 0 spiro atoms. The molecule has 0 amide bonds. The van der Waals surface area contributed by atoms with Gasteiger partial charge >= 0.3 is 0 Å². The average molecular weight is 330 g/mol. The Labute approximate surface area is 125 Å². The van der Waals surface area contributed by atoms with Crippen LogP contribution in [0.15, 0.2) is 45.6 Å². The third-order valence-electron chi connectivity index (χ3n) is 2.40. The lowest BCUT2D eigenvalue weighted by atomic mass is 10.2. The number of rotatable bonds is 4. The van der Waals surface area contributed by atoms with E-state index in [9.17, 15) is 13.5 Å². The van der Waals surface area contributed by atoms with Gasteiger partial charge in [-0.15, -0.1) is 11.3 Å². The van der Waals surface area contributed by atoms with E-state index in [-0.39, 0.29) is 10.1 Å². The van der Waals surface area contributed by atoms with E-state index in [4.69, 9.17) is 11.6 Å². The summed E-state index contributed by atoms with van der Waals surface area (Å²) in [7, 11) is -2.25. The van der Waals surface area contributed by atoms with E-state index in [1.807, 2.05) is 0 Å². The minimum absolute atomic E-state index is 0.131. The molecular weight excluding hydrogens is 320 g/mol. The maximum absolute atomic E-state index is 12.0. The smallest absolute Gasteiger partial charge is 0.271 e. The fourth-order valence-electron chi connectivity index (χ4n) is 1.46. The van der Waals surface area contributed by atoms with Crippen molar-refractivity contribution in [1.29, 1.82) is 0 Å². The average Bonchev–Trinajstić information content (AvgIpc) is 2.86. The van der Waals surface area contributed by atoms with Gasteiger partial charge in [0.15, 0.2) is 0 Å². The first-order valence-electron chi connectivity index (χ1n) is 5.45. The zero-order valence-electron chi connectivity index (χ0n) is 10.3. The molecule has 1 heterocycles. The molecule has 0 bridgehead atoms. The lowest BCUT2D eigenvalue weighted by molar-refractivity contribution is -0.213. The van der Waals surface area contributed by atoms with Crippen LogP contribution in [0.5, 0.6) is 0 Å². The van der Waals surface area contributed by atoms with Gasteiger partial charge in [0.1, 0.15) is 4.21 Å². The second-order valence-electron chi connectivity index (χ2n) is 3.77. The highest BCUT2D eigenvalue weighted by Crippen LogP contribution is 2.27. The SMILES string of the molecule is CN=C([O-])c1ccc(NS(=O)(=O)c2ccc(Cl)s2)cc1. The fourth-order valence-corrected chi connectivity index (χ4v) is 4.00. The van der Waals surface area contributed by atoms with Crippen molar-refractivity contribution in [2.75, 3.05) is 11.8 Å². The number of benzene rings is 1. The van der Waals surface area contributed by atoms with E-state index in [1.165, 1.54) is 43.4 Å². The molecule has 8 heteroatoms. The molecule has 0 unspecified atom stereocenters. The largest absolute Gasteiger partial charge is 0.859 e. The number of anilines is 1. The molecule has 0 saturated heterocycles. The molecule has 20 heavy (non-hydrogen) atoms. The first-order valence-corrected chi connectivity index (χ1v) is 8.12. The van der Waals surface area contributed by atoms with E-state index >= 15 is 0 Å². The summed E-state index contributed by atoms with van der Waals surface area (Å²) in [5.74, 6) is -0.357. The Kier molecular flexibility index (Phi) is 4.32. The van der Waals surface area contributed by atoms with Crippen molar-refractivity contribution >= 4 is 44.5 Å². The second kappa shape index (κ2) is 5.82. The van der Waals surface area contributed by atoms with Crippen LogP contribution >= 0.6 is 22.9 Å². The molecule has 0 radical (unpaired) electrons. The summed E-state index contributed by atoms with van der Waals surface area (Å²) in [4.78, 5) is 3.52. The molecule has 1 aromatic heterocycles. The van der Waals surface area contributed by atoms with Gasteiger partial charge in [-0.05, 0) is 35.7 Å². The highest BCUT2D eigenvalue weighted by Gasteiger charge is 2.16. The van der Waals surface area contributed by atoms with E-state index < -0.39 is 10.0 Å². The van der Waals surface area contributed by atoms with Gasteiger partial charge in [0, 0.05) is 12.7 Å². The molecule has 0 fully saturated rings. The van der Waals surface area contributed by atoms with Gasteiger partial charge in [-0.1, -0.05) is 23.7 Å². The zero-order valence-corrected chi connectivity index (χ0v) is 12.7. The number of aliphatic imine (C=N–C) groups is 1. The molecule has 2 rings (SSSR count). The molecule has 0 atom stereocenters. The van der Waals surface area contributed by atoms with Crippen molar-refractivity contribution in [3.8, 4) is 0 Å². The summed E-state index contributed by atoms with van der Waals surface area (Å²) in [6, 6.07) is 8.98. The predicted octanol–water partition coefficient (Wildman–Crippen LogP) is 1.94. The summed E-state index contributed by atoms with van der Waals surface area (Å²) in [5, 5.41) is 11.3. The van der Waals surface area contributed by atoms with E-state index in [1.54, 1.807) is 0 Å². The normalized spacial score (nSPS) is 12.4. The quantitative estimate of drug-likeness (QED) is 0.687. The summed E-state index contributed by atoms with van der Waals surface area (Å²) < 4.78 is 27.0. The monoisotopic (exact) mass is 329 g/mol. The molecular formula is C12H10ClN2O3S2-. The summed E-state index contributed by atoms with van der Waals surface area (Å²) in [6.45, 7) is 0. The lowest BCUT2D eigenvalue weighted by Crippen LogP contribution is -2.18. The van der Waals surface area contributed by atoms with Gasteiger partial charge in [0.25, 0.3) is 10.0 Å². The molecule has 1 aromatic carbocycles. The first-order chi connectivity index (χ1) is 9.42. The minimum Gasteiger partial charge on any atom is -0.859 e. The van der Waals surface area contributed by atoms with Gasteiger partial charge in [-0.3, -0.25) is 4.72 Å². The van der Waals surface area contributed by atoms with E-state index in [0.29, 0.717) is 15.6 Å². The fraction of sp³-hybridized carbons (Fsp3) is 0.0833. The highest BCUT2D eigenvalue weighted by atomic mass is 35.5. The minimum atomic E-state index is -3.66. The number of nitrogens with one attached hydrogen (secondary N) is 1. The van der Waals surface area contributed by atoms with Crippen LogP contribution in [0.1, 0.15) is 5.56 Å². The Morgan fingerprint density at radius 1 is 1.25 bits per heavy atom. The first kappa shape index (κ1) is 14.8. The van der Waals surface area contributed by atoms with Crippen LogP contribution in [0, 0.1) is 0 Å². The third kappa shape index (κ3) is 3.30. The van der Waals surface area contributed by atoms with Gasteiger partial charge in [0.05, 0.1) is 4.34 Å². The molecule has 1 N–H and O–H groups in total. The number of sulfonamides is 1. The van der Waals surface area contributed by atoms with Crippen LogP contribution in [0.3, 0.4) is 0 Å². The van der Waals surface area contributed by atoms with Crippen molar-refractivity contribution in [2.24, 2.45) is 4.99 Å². The summed E-state index contributed by atoms with van der Waals surface area (Å²) in [6.07, 6.45) is 0. The van der Waals surface area contributed by atoms with Crippen molar-refractivity contribution in [2.45, 2.75) is 4.21 Å². The van der Waals surface area contributed by atoms with E-state index in [0.717, 1.165) is 11.3 Å². The zero-order chi connectivity index (χ0) is 14.8. The van der Waals surface area contributed by atoms with Crippen molar-refractivity contribution < 1.29 is 13.5 Å². The Bertz CT molecular complexity index is 736. The van der Waals surface area contributed by atoms with Crippen molar-refractivity contribution in [3.05, 3.63) is 46.3 Å². The van der Waals surface area contributed by atoms with Crippen LogP contribution in [0.2, 0.25) is 4.34 Å². The molecule has 0 aliphatic carbocycles. The molecule has 0 saturated carbocycles.